The van der Waals surface area contributed by atoms with Gasteiger partial charge in [0, 0.05) is 28.4 Å². The zero-order valence-electron chi connectivity index (χ0n) is 19.9. The quantitative estimate of drug-likeness (QED) is 0.163. The van der Waals surface area contributed by atoms with E-state index >= 15 is 0 Å². The van der Waals surface area contributed by atoms with Crippen LogP contribution in [-0.2, 0) is 0 Å². The highest BCUT2D eigenvalue weighted by molar-refractivity contribution is 5.99. The minimum Gasteiger partial charge on any atom is -0.370 e. The van der Waals surface area contributed by atoms with Crippen molar-refractivity contribution < 1.29 is 9.18 Å². The van der Waals surface area contributed by atoms with Crippen molar-refractivity contribution >= 4 is 28.3 Å². The van der Waals surface area contributed by atoms with Crippen LogP contribution >= 0.6 is 0 Å². The Hall–Kier alpha value is -5.05. The lowest BCUT2D eigenvalue weighted by molar-refractivity contribution is 0.0940. The zero-order chi connectivity index (χ0) is 25.9. The molecule has 9 heteroatoms. The number of aromatic amines is 1. The molecule has 0 aliphatic heterocycles. The number of nitrogens with zero attached hydrogens (tertiary/aromatic N) is 2. The van der Waals surface area contributed by atoms with Crippen LogP contribution in [0, 0.1) is 11.2 Å². The van der Waals surface area contributed by atoms with Gasteiger partial charge in [0.1, 0.15) is 11.5 Å². The molecule has 0 saturated carbocycles. The Morgan fingerprint density at radius 1 is 1.00 bits per heavy atom. The van der Waals surface area contributed by atoms with Crippen molar-refractivity contribution in [3.05, 3.63) is 102 Å². The van der Waals surface area contributed by atoms with E-state index in [0.717, 1.165) is 16.3 Å². The predicted molar refractivity (Wildman–Crippen MR) is 143 cm³/mol. The Bertz CT molecular complexity index is 1610. The van der Waals surface area contributed by atoms with E-state index in [2.05, 4.69) is 25.6 Å². The minimum absolute atomic E-state index is 0.256. The van der Waals surface area contributed by atoms with E-state index < -0.39 is 0 Å². The molecule has 6 N–H and O–H groups in total. The summed E-state index contributed by atoms with van der Waals surface area (Å²) >= 11 is 0. The van der Waals surface area contributed by atoms with Gasteiger partial charge in [-0.2, -0.15) is 0 Å². The number of imidazole rings is 1. The Morgan fingerprint density at radius 2 is 1.76 bits per heavy atom. The summed E-state index contributed by atoms with van der Waals surface area (Å²) in [6.07, 6.45) is 3.47. The number of benzene rings is 3. The van der Waals surface area contributed by atoms with Crippen molar-refractivity contribution in [2.45, 2.75) is 13.0 Å². The number of H-pyrrole nitrogens is 1. The van der Waals surface area contributed by atoms with E-state index in [0.29, 0.717) is 34.0 Å². The fourth-order valence-electron chi connectivity index (χ4n) is 4.07. The van der Waals surface area contributed by atoms with E-state index in [9.17, 15) is 9.18 Å². The van der Waals surface area contributed by atoms with Gasteiger partial charge >= 0.3 is 0 Å². The van der Waals surface area contributed by atoms with Crippen LogP contribution in [0.5, 0.6) is 0 Å². The van der Waals surface area contributed by atoms with Crippen molar-refractivity contribution in [2.75, 3.05) is 5.32 Å². The van der Waals surface area contributed by atoms with E-state index in [1.807, 2.05) is 37.3 Å². The van der Waals surface area contributed by atoms with Crippen molar-refractivity contribution in [1.82, 2.24) is 20.3 Å². The largest absolute Gasteiger partial charge is 0.370 e. The monoisotopic (exact) mass is 493 g/mol. The van der Waals surface area contributed by atoms with Gasteiger partial charge < -0.3 is 21.4 Å². The first-order valence-electron chi connectivity index (χ1n) is 11.6. The number of amides is 1. The van der Waals surface area contributed by atoms with Gasteiger partial charge in [-0.1, -0.05) is 36.4 Å². The summed E-state index contributed by atoms with van der Waals surface area (Å²) in [5.41, 5.74) is 9.18. The van der Waals surface area contributed by atoms with Gasteiger partial charge in [0.05, 0.1) is 17.9 Å². The number of nitrogens with two attached hydrogens (primary N) is 1. The molecule has 1 atom stereocenters. The number of nitrogens with one attached hydrogen (secondary N) is 4. The van der Waals surface area contributed by atoms with Gasteiger partial charge in [0.2, 0.25) is 0 Å². The number of fused-ring (bicyclic) bond motifs is 1. The van der Waals surface area contributed by atoms with Crippen LogP contribution in [0.4, 0.5) is 10.1 Å². The molecule has 5 rings (SSSR count). The normalized spacial score (nSPS) is 11.7. The Kier molecular flexibility index (Phi) is 6.34. The van der Waals surface area contributed by atoms with Gasteiger partial charge in [0.25, 0.3) is 5.91 Å². The van der Waals surface area contributed by atoms with Crippen molar-refractivity contribution in [3.63, 3.8) is 0 Å². The van der Waals surface area contributed by atoms with Crippen LogP contribution in [-0.4, -0.2) is 26.8 Å². The molecule has 5 aromatic rings. The molecule has 3 aromatic carbocycles. The van der Waals surface area contributed by atoms with E-state index in [1.54, 1.807) is 42.7 Å². The molecule has 2 heterocycles. The van der Waals surface area contributed by atoms with Gasteiger partial charge in [-0.05, 0) is 54.3 Å². The number of rotatable bonds is 6. The molecule has 0 saturated heterocycles. The predicted octanol–water partition coefficient (Wildman–Crippen LogP) is 5.23. The number of guanidine groups is 1. The molecule has 37 heavy (non-hydrogen) atoms. The fourth-order valence-corrected chi connectivity index (χ4v) is 4.07. The molecule has 0 bridgehead atoms. The highest BCUT2D eigenvalue weighted by Crippen LogP contribution is 2.27. The number of hydrogen-bond donors (Lipinski definition) is 5. The second-order valence-corrected chi connectivity index (χ2v) is 8.65. The van der Waals surface area contributed by atoms with Gasteiger partial charge in [-0.15, -0.1) is 0 Å². The van der Waals surface area contributed by atoms with E-state index in [-0.39, 0.29) is 23.7 Å². The number of anilines is 1. The summed E-state index contributed by atoms with van der Waals surface area (Å²) in [7, 11) is 0. The number of carbonyl (C=O) groups is 1. The van der Waals surface area contributed by atoms with Crippen LogP contribution in [0.15, 0.2) is 85.2 Å². The zero-order valence-corrected chi connectivity index (χ0v) is 19.9. The number of hydrogen-bond acceptors (Lipinski definition) is 4. The van der Waals surface area contributed by atoms with Crippen LogP contribution in [0.2, 0.25) is 0 Å². The topological polar surface area (TPSA) is 133 Å². The third-order valence-electron chi connectivity index (χ3n) is 5.95. The summed E-state index contributed by atoms with van der Waals surface area (Å²) in [6, 6.07) is 20.6. The number of halogens is 1. The molecule has 0 fully saturated rings. The van der Waals surface area contributed by atoms with Crippen molar-refractivity contribution in [1.29, 1.82) is 5.41 Å². The smallest absolute Gasteiger partial charge is 0.251 e. The summed E-state index contributed by atoms with van der Waals surface area (Å²) in [4.78, 5) is 25.4. The Balaban J connectivity index is 1.45. The van der Waals surface area contributed by atoms with Crippen LogP contribution < -0.4 is 16.4 Å². The first-order chi connectivity index (χ1) is 17.9. The number of pyridine rings is 1. The third kappa shape index (κ3) is 5.30. The van der Waals surface area contributed by atoms with Gasteiger partial charge in [-0.3, -0.25) is 15.2 Å². The van der Waals surface area contributed by atoms with Crippen molar-refractivity contribution in [3.8, 4) is 22.8 Å². The SMILES string of the molecule is C[C@@H](NC(=O)c1cc(NC(=N)N)cc(-c2cnc(-c3cc4ccccc4cn3)[nH]2)c1)c1ccc(F)cc1. The van der Waals surface area contributed by atoms with E-state index in [4.69, 9.17) is 11.1 Å². The second-order valence-electron chi connectivity index (χ2n) is 8.65. The maximum Gasteiger partial charge on any atom is 0.251 e. The van der Waals surface area contributed by atoms with Crippen LogP contribution in [0.25, 0.3) is 33.5 Å². The van der Waals surface area contributed by atoms with Crippen LogP contribution in [0.1, 0.15) is 28.9 Å². The first-order valence-corrected chi connectivity index (χ1v) is 11.6. The van der Waals surface area contributed by atoms with E-state index in [1.165, 1.54) is 12.1 Å². The molecule has 0 aliphatic rings. The Labute approximate surface area is 212 Å². The van der Waals surface area contributed by atoms with Crippen molar-refractivity contribution in [2.24, 2.45) is 5.73 Å². The summed E-state index contributed by atoms with van der Waals surface area (Å²) < 4.78 is 13.3. The lowest BCUT2D eigenvalue weighted by atomic mass is 10.0. The highest BCUT2D eigenvalue weighted by Gasteiger charge is 2.16. The summed E-state index contributed by atoms with van der Waals surface area (Å²) in [5.74, 6) is -0.343. The second kappa shape index (κ2) is 9.90. The Morgan fingerprint density at radius 3 is 2.51 bits per heavy atom. The first kappa shape index (κ1) is 23.7. The summed E-state index contributed by atoms with van der Waals surface area (Å²) in [6.45, 7) is 1.82. The summed E-state index contributed by atoms with van der Waals surface area (Å²) in [5, 5.41) is 15.4. The molecular weight excluding hydrogens is 469 g/mol. The molecule has 1 amide bonds. The molecule has 8 nitrogen and oxygen atoms in total. The van der Waals surface area contributed by atoms with Crippen LogP contribution in [0.3, 0.4) is 0 Å². The molecule has 0 radical (unpaired) electrons. The molecule has 0 aliphatic carbocycles. The number of aromatic nitrogens is 3. The molecule has 184 valence electrons. The highest BCUT2D eigenvalue weighted by atomic mass is 19.1. The third-order valence-corrected chi connectivity index (χ3v) is 5.95. The fraction of sp³-hybridized carbons (Fsp3) is 0.0714. The average molecular weight is 494 g/mol. The molecular formula is C28H24FN7O. The average Bonchev–Trinajstić information content (AvgIpc) is 3.39. The maximum atomic E-state index is 13.3. The van der Waals surface area contributed by atoms with Gasteiger partial charge in [0.15, 0.2) is 11.8 Å². The maximum absolute atomic E-state index is 13.3. The standard InChI is InChI=1S/C28H24FN7O/c1-16(17-6-8-22(29)9-7-17)34-27(37)21-10-20(11-23(12-21)35-28(30)31)25-15-33-26(36-25)24-13-18-4-2-3-5-19(18)14-32-24/h2-16H,1H3,(H,33,36)(H,34,37)(H4,30,31,35)/t16-/m1/s1. The lowest BCUT2D eigenvalue weighted by Crippen LogP contribution is -2.27. The molecule has 0 spiro atoms. The minimum atomic E-state index is -0.348. The molecule has 2 aromatic heterocycles. The lowest BCUT2D eigenvalue weighted by Gasteiger charge is -2.16. The van der Waals surface area contributed by atoms with Gasteiger partial charge in [-0.25, -0.2) is 9.37 Å². The molecule has 0 unspecified atom stereocenters. The number of carbonyl (C=O) groups excluding carboxylic acids is 1.